The minimum absolute atomic E-state index is 0.00362. The third-order valence-electron chi connectivity index (χ3n) is 12.7. The van der Waals surface area contributed by atoms with E-state index in [-0.39, 0.29) is 34.8 Å². The lowest BCUT2D eigenvalue weighted by Crippen LogP contribution is -2.49. The van der Waals surface area contributed by atoms with Crippen molar-refractivity contribution in [1.29, 1.82) is 0 Å². The van der Waals surface area contributed by atoms with Gasteiger partial charge < -0.3 is 31.5 Å². The Labute approximate surface area is 374 Å². The average molecular weight is 869 g/mol. The number of carbonyl (C=O) groups excluding carboxylic acids is 3. The number of rotatable bonds is 18. The number of Topliss-reactive ketones (excluding diaryl/α,β-unsaturated/α-hetero) is 1. The Balaban J connectivity index is 0.752. The number of amides is 2. The van der Waals surface area contributed by atoms with Crippen molar-refractivity contribution >= 4 is 63.3 Å². The number of aryl methyl sites for hydroxylation is 2. The second-order valence-electron chi connectivity index (χ2n) is 17.4. The van der Waals surface area contributed by atoms with E-state index in [4.69, 9.17) is 9.97 Å². The van der Waals surface area contributed by atoms with Crippen molar-refractivity contribution in [2.45, 2.75) is 90.5 Å². The number of benzene rings is 1. The first kappa shape index (κ1) is 44.2. The molecule has 16 nitrogen and oxygen atoms in total. The van der Waals surface area contributed by atoms with Crippen molar-refractivity contribution in [3.05, 3.63) is 93.2 Å². The van der Waals surface area contributed by atoms with Crippen LogP contribution in [0.1, 0.15) is 114 Å². The Bertz CT molecular complexity index is 2560. The number of aromatic nitrogens is 5. The van der Waals surface area contributed by atoms with E-state index in [1.165, 1.54) is 6.92 Å². The van der Waals surface area contributed by atoms with Gasteiger partial charge in [0.05, 0.1) is 29.6 Å². The van der Waals surface area contributed by atoms with Gasteiger partial charge in [-0.05, 0) is 113 Å². The fourth-order valence-corrected chi connectivity index (χ4v) is 8.98. The summed E-state index contributed by atoms with van der Waals surface area (Å²) in [6.07, 6.45) is 12.3. The van der Waals surface area contributed by atoms with Crippen molar-refractivity contribution in [1.82, 2.24) is 34.7 Å². The van der Waals surface area contributed by atoms with Crippen molar-refractivity contribution in [3.8, 4) is 0 Å². The van der Waals surface area contributed by atoms with Gasteiger partial charge in [0.2, 0.25) is 11.9 Å². The molecular formula is C48H60N12O4. The molecule has 1 aliphatic heterocycles. The zero-order valence-corrected chi connectivity index (χ0v) is 37.4. The summed E-state index contributed by atoms with van der Waals surface area (Å²) in [6, 6.07) is 13.5. The number of hydrogen-bond donors (Lipinski definition) is 5. The Morgan fingerprint density at radius 3 is 2.31 bits per heavy atom. The van der Waals surface area contributed by atoms with Crippen LogP contribution in [0.5, 0.6) is 0 Å². The maximum atomic E-state index is 13.6. The summed E-state index contributed by atoms with van der Waals surface area (Å²) in [5, 5.41) is 16.6. The molecule has 1 saturated heterocycles. The number of nitrogens with one attached hydrogen (secondary N) is 5. The van der Waals surface area contributed by atoms with Crippen LogP contribution >= 0.6 is 0 Å². The Morgan fingerprint density at radius 1 is 0.828 bits per heavy atom. The number of ketones is 1. The summed E-state index contributed by atoms with van der Waals surface area (Å²) >= 11 is 0. The van der Waals surface area contributed by atoms with E-state index in [0.29, 0.717) is 65.3 Å². The molecule has 1 aromatic carbocycles. The van der Waals surface area contributed by atoms with Crippen LogP contribution in [-0.4, -0.2) is 99.9 Å². The molecule has 3 aliphatic rings. The predicted molar refractivity (Wildman–Crippen MR) is 252 cm³/mol. The lowest BCUT2D eigenvalue weighted by Gasteiger charge is -2.35. The van der Waals surface area contributed by atoms with Gasteiger partial charge >= 0.3 is 0 Å². The zero-order valence-electron chi connectivity index (χ0n) is 37.4. The highest BCUT2D eigenvalue weighted by Crippen LogP contribution is 2.41. The van der Waals surface area contributed by atoms with Gasteiger partial charge in [-0.25, -0.2) is 15.0 Å². The topological polar surface area (TPSA) is 191 Å². The summed E-state index contributed by atoms with van der Waals surface area (Å²) in [5.74, 6) is 1.57. The number of fused-ring (bicyclic) bond motifs is 1. The molecule has 8 rings (SSSR count). The number of hydrogen-bond acceptors (Lipinski definition) is 13. The minimum Gasteiger partial charge on any atom is -0.388 e. The molecule has 0 spiro atoms. The smallest absolute Gasteiger partial charge is 0.263 e. The molecule has 64 heavy (non-hydrogen) atoms. The molecule has 5 aromatic rings. The largest absolute Gasteiger partial charge is 0.388 e. The van der Waals surface area contributed by atoms with E-state index < -0.39 is 0 Å². The summed E-state index contributed by atoms with van der Waals surface area (Å²) in [4.78, 5) is 75.4. The Hall–Kier alpha value is -6.42. The molecule has 2 saturated carbocycles. The number of unbranched alkanes of at least 4 members (excludes halogenated alkanes) is 2. The number of carbonyl (C=O) groups is 3. The van der Waals surface area contributed by atoms with Gasteiger partial charge in [-0.2, -0.15) is 4.98 Å². The van der Waals surface area contributed by atoms with E-state index in [1.54, 1.807) is 17.7 Å². The molecular weight excluding hydrogens is 809 g/mol. The first-order valence-corrected chi connectivity index (χ1v) is 22.8. The van der Waals surface area contributed by atoms with Gasteiger partial charge in [-0.1, -0.05) is 18.9 Å². The number of pyridine rings is 3. The molecule has 0 atom stereocenters. The SMILES string of the molecule is CNc1ccc(C(=O)Nc2ccc(C)c(C3CC3)n2)c(NCCCCCNC(=O)CN2CCN(c3ccc(Nc4ncc5c(C)c(C(C)=O)c(=O)n(C6CCCC6)c5n4)nc3)CC2)c1. The first-order chi connectivity index (χ1) is 31.1. The molecule has 0 bridgehead atoms. The van der Waals surface area contributed by atoms with Crippen molar-refractivity contribution in [2.24, 2.45) is 0 Å². The number of anilines is 6. The van der Waals surface area contributed by atoms with Crippen LogP contribution in [0.15, 0.2) is 59.7 Å². The summed E-state index contributed by atoms with van der Waals surface area (Å²) in [6.45, 7) is 10.0. The van der Waals surface area contributed by atoms with Gasteiger partial charge in [0.15, 0.2) is 5.78 Å². The van der Waals surface area contributed by atoms with E-state index in [2.05, 4.69) is 53.3 Å². The summed E-state index contributed by atoms with van der Waals surface area (Å²) < 4.78 is 1.71. The minimum atomic E-state index is -0.279. The molecule has 5 N–H and O–H groups in total. The van der Waals surface area contributed by atoms with Gasteiger partial charge in [-0.3, -0.25) is 28.6 Å². The summed E-state index contributed by atoms with van der Waals surface area (Å²) in [7, 11) is 1.86. The van der Waals surface area contributed by atoms with Crippen LogP contribution in [0.3, 0.4) is 0 Å². The quantitative estimate of drug-likeness (QED) is 0.0450. The van der Waals surface area contributed by atoms with Crippen molar-refractivity contribution < 1.29 is 14.4 Å². The van der Waals surface area contributed by atoms with Gasteiger partial charge in [0, 0.05) is 86.9 Å². The molecule has 0 unspecified atom stereocenters. The standard InChI is InChI=1S/C48H60N12O4/c1-30-12-18-41(54-44(30)33-13-14-33)55-46(63)37-17-15-34(49-4)26-39(37)50-20-8-5-9-21-51-42(62)29-58-22-24-59(25-23-58)36-16-19-40(52-27-36)56-48-53-28-38-31(2)43(32(3)61)47(64)60(45(38)57-48)35-10-6-7-11-35/h12,15-19,26-28,33,35,49-50H,5-11,13-14,20-25,29H2,1-4H3,(H,51,62)(H,54,55,63)(H,52,53,56,57). The van der Waals surface area contributed by atoms with Crippen LogP contribution < -0.4 is 37.0 Å². The predicted octanol–water partition coefficient (Wildman–Crippen LogP) is 6.95. The Kier molecular flexibility index (Phi) is 13.8. The van der Waals surface area contributed by atoms with Gasteiger partial charge in [0.25, 0.3) is 11.5 Å². The maximum Gasteiger partial charge on any atom is 0.263 e. The van der Waals surface area contributed by atoms with E-state index in [0.717, 1.165) is 112 Å². The maximum absolute atomic E-state index is 13.6. The third-order valence-corrected chi connectivity index (χ3v) is 12.7. The average Bonchev–Trinajstić information content (AvgIpc) is 4.00. The fourth-order valence-electron chi connectivity index (χ4n) is 8.98. The van der Waals surface area contributed by atoms with Crippen molar-refractivity contribution in [3.63, 3.8) is 0 Å². The second kappa shape index (κ2) is 20.0. The molecule has 2 aliphatic carbocycles. The normalized spacial score (nSPS) is 15.6. The molecule has 2 amide bonds. The van der Waals surface area contributed by atoms with E-state index in [9.17, 15) is 19.2 Å². The molecule has 5 heterocycles. The Morgan fingerprint density at radius 2 is 1.59 bits per heavy atom. The highest BCUT2D eigenvalue weighted by molar-refractivity contribution is 6.08. The summed E-state index contributed by atoms with van der Waals surface area (Å²) in [5.41, 5.74) is 6.55. The van der Waals surface area contributed by atoms with Crippen LogP contribution in [0.2, 0.25) is 0 Å². The molecule has 336 valence electrons. The van der Waals surface area contributed by atoms with Crippen molar-refractivity contribution in [2.75, 3.05) is 79.0 Å². The monoisotopic (exact) mass is 868 g/mol. The molecule has 0 radical (unpaired) electrons. The number of piperazine rings is 1. The number of nitrogens with zero attached hydrogens (tertiary/aromatic N) is 7. The zero-order chi connectivity index (χ0) is 44.7. The van der Waals surface area contributed by atoms with E-state index in [1.807, 2.05) is 55.7 Å². The molecule has 4 aromatic heterocycles. The third kappa shape index (κ3) is 10.3. The highest BCUT2D eigenvalue weighted by atomic mass is 16.2. The lowest BCUT2D eigenvalue weighted by molar-refractivity contribution is -0.122. The highest BCUT2D eigenvalue weighted by Gasteiger charge is 2.28. The van der Waals surface area contributed by atoms with Crippen LogP contribution in [0.4, 0.5) is 34.6 Å². The van der Waals surface area contributed by atoms with Crippen LogP contribution in [0.25, 0.3) is 11.0 Å². The first-order valence-electron chi connectivity index (χ1n) is 22.8. The van der Waals surface area contributed by atoms with E-state index >= 15 is 0 Å². The van der Waals surface area contributed by atoms with Crippen LogP contribution in [0, 0.1) is 13.8 Å². The van der Waals surface area contributed by atoms with Crippen LogP contribution in [-0.2, 0) is 4.79 Å². The lowest BCUT2D eigenvalue weighted by atomic mass is 10.0. The molecule has 16 heteroatoms. The molecule has 3 fully saturated rings. The van der Waals surface area contributed by atoms with Gasteiger partial charge in [-0.15, -0.1) is 0 Å². The second-order valence-corrected chi connectivity index (χ2v) is 17.4. The fraction of sp³-hybridized carbons (Fsp3) is 0.458. The van der Waals surface area contributed by atoms with Gasteiger partial charge in [0.1, 0.15) is 17.3 Å².